The van der Waals surface area contributed by atoms with Crippen molar-refractivity contribution >= 4 is 27.9 Å². The van der Waals surface area contributed by atoms with Gasteiger partial charge in [-0.25, -0.2) is 0 Å². The van der Waals surface area contributed by atoms with Crippen molar-refractivity contribution in [2.24, 2.45) is 0 Å². The molecule has 1 fully saturated rings. The molecule has 1 amide bonds. The maximum atomic E-state index is 13.5. The molecule has 1 heterocycles. The molecule has 0 saturated carbocycles. The normalized spacial score (nSPS) is 16.3. The first-order valence-electron chi connectivity index (χ1n) is 15.5. The number of hydrogen-bond acceptors (Lipinski definition) is 3. The predicted molar refractivity (Wildman–Crippen MR) is 167 cm³/mol. The van der Waals surface area contributed by atoms with Gasteiger partial charge in [0.1, 0.15) is 0 Å². The zero-order chi connectivity index (χ0) is 30.8. The number of likely N-dealkylation sites (tertiary alicyclic amines) is 1. The van der Waals surface area contributed by atoms with E-state index in [1.165, 1.54) is 29.0 Å². The number of hydrogen-bond donors (Lipinski definition) is 0. The molecule has 232 valence electrons. The number of carbonyl (C=O) groups is 1. The first kappa shape index (κ1) is 34.3. The van der Waals surface area contributed by atoms with Crippen LogP contribution in [0.15, 0.2) is 48.5 Å². The van der Waals surface area contributed by atoms with Crippen molar-refractivity contribution in [1.82, 2.24) is 4.90 Å². The summed E-state index contributed by atoms with van der Waals surface area (Å²) in [4.78, 5) is 15.2. The van der Waals surface area contributed by atoms with Crippen molar-refractivity contribution in [2.75, 3.05) is 14.2 Å². The molecule has 1 atom stereocenters. The van der Waals surface area contributed by atoms with E-state index in [0.29, 0.717) is 30.9 Å². The molecule has 2 aromatic carbocycles. The molecule has 1 unspecified atom stereocenters. The number of benzene rings is 2. The number of amides is 1. The quantitative estimate of drug-likeness (QED) is 0.164. The van der Waals surface area contributed by atoms with E-state index in [-0.39, 0.29) is 11.9 Å². The number of ether oxygens (including phenoxy) is 2. The van der Waals surface area contributed by atoms with E-state index in [1.54, 1.807) is 26.4 Å². The predicted octanol–water partition coefficient (Wildman–Crippen LogP) is 9.69. The Bertz CT molecular complexity index is 1160. The van der Waals surface area contributed by atoms with Crippen LogP contribution in [0.3, 0.4) is 0 Å². The Balaban J connectivity index is 2.14. The zero-order valence-corrected chi connectivity index (χ0v) is 28.8. The summed E-state index contributed by atoms with van der Waals surface area (Å²) in [6, 6.07) is 11.4. The van der Waals surface area contributed by atoms with Crippen LogP contribution in [0.4, 0.5) is 13.2 Å². The molecule has 8 heteroatoms. The minimum absolute atomic E-state index is 0.0948. The third kappa shape index (κ3) is 8.70. The first-order valence-corrected chi connectivity index (χ1v) is 23.0. The van der Waals surface area contributed by atoms with Gasteiger partial charge in [0.25, 0.3) is 0 Å². The monoisotopic (exact) mass is 695 g/mol. The van der Waals surface area contributed by atoms with Crippen LogP contribution >= 0.6 is 0 Å². The van der Waals surface area contributed by atoms with Crippen LogP contribution in [0.5, 0.6) is 11.5 Å². The van der Waals surface area contributed by atoms with Crippen LogP contribution in [0.1, 0.15) is 88.8 Å². The SMILES string of the molecule is CCC[CH2][Sn]([CH2]CCC)([CH2]CCC)/[C](=C/C1CCC(=O)N1Cc1ccc(OC)cc1OC)c1ccc(C(F)(F)F)cc1. The summed E-state index contributed by atoms with van der Waals surface area (Å²) in [5.74, 6) is 1.45. The molecular weight excluding hydrogens is 646 g/mol. The molecule has 2 aromatic rings. The Labute approximate surface area is 254 Å². The number of carbonyl (C=O) groups excluding carboxylic acids is 1. The number of nitrogens with zero attached hydrogens (tertiary/aromatic N) is 1. The number of methoxy groups -OCH3 is 2. The van der Waals surface area contributed by atoms with Crippen LogP contribution < -0.4 is 9.47 Å². The van der Waals surface area contributed by atoms with Crippen molar-refractivity contribution in [3.8, 4) is 11.5 Å². The van der Waals surface area contributed by atoms with Crippen LogP contribution in [0.2, 0.25) is 13.3 Å². The van der Waals surface area contributed by atoms with E-state index in [1.807, 2.05) is 23.1 Å². The van der Waals surface area contributed by atoms with Gasteiger partial charge in [0.15, 0.2) is 0 Å². The summed E-state index contributed by atoms with van der Waals surface area (Å²) in [6.07, 6.45) is 5.82. The summed E-state index contributed by atoms with van der Waals surface area (Å²) in [5, 5.41) is 0. The van der Waals surface area contributed by atoms with Crippen LogP contribution in [0.25, 0.3) is 3.59 Å². The minimum atomic E-state index is -4.37. The average Bonchev–Trinajstić information content (AvgIpc) is 3.33. The van der Waals surface area contributed by atoms with Crippen molar-refractivity contribution in [3.05, 3.63) is 65.2 Å². The Kier molecular flexibility index (Phi) is 13.1. The molecule has 1 aliphatic heterocycles. The third-order valence-electron chi connectivity index (χ3n) is 8.69. The van der Waals surface area contributed by atoms with Crippen LogP contribution in [0, 0.1) is 0 Å². The second kappa shape index (κ2) is 16.1. The van der Waals surface area contributed by atoms with Crippen molar-refractivity contribution < 1.29 is 27.4 Å². The molecule has 0 aromatic heterocycles. The van der Waals surface area contributed by atoms with Crippen molar-refractivity contribution in [2.45, 2.75) is 104 Å². The maximum absolute atomic E-state index is 13.5. The van der Waals surface area contributed by atoms with Gasteiger partial charge >= 0.3 is 255 Å². The van der Waals surface area contributed by atoms with E-state index in [2.05, 4.69) is 26.8 Å². The van der Waals surface area contributed by atoms with Gasteiger partial charge in [-0.3, -0.25) is 0 Å². The third-order valence-corrected chi connectivity index (χ3v) is 24.5. The second-order valence-electron chi connectivity index (χ2n) is 11.6. The van der Waals surface area contributed by atoms with Crippen molar-refractivity contribution in [3.63, 3.8) is 0 Å². The molecule has 0 aliphatic carbocycles. The first-order chi connectivity index (χ1) is 20.1. The Morgan fingerprint density at radius 3 is 2.02 bits per heavy atom. The molecule has 0 radical (unpaired) electrons. The topological polar surface area (TPSA) is 38.8 Å². The molecule has 4 nitrogen and oxygen atoms in total. The molecule has 1 aliphatic rings. The second-order valence-corrected chi connectivity index (χ2v) is 24.7. The zero-order valence-electron chi connectivity index (χ0n) is 26.0. The number of alkyl halides is 3. The van der Waals surface area contributed by atoms with E-state index in [0.717, 1.165) is 49.7 Å². The van der Waals surface area contributed by atoms with Gasteiger partial charge in [-0.15, -0.1) is 0 Å². The molecule has 0 N–H and O–H groups in total. The summed E-state index contributed by atoms with van der Waals surface area (Å²) in [6.45, 7) is 7.07. The van der Waals surface area contributed by atoms with Crippen LogP contribution in [-0.4, -0.2) is 49.4 Å². The number of halogens is 3. The summed E-state index contributed by atoms with van der Waals surface area (Å²) < 4.78 is 56.4. The van der Waals surface area contributed by atoms with Gasteiger partial charge in [-0.2, -0.15) is 0 Å². The van der Waals surface area contributed by atoms with Gasteiger partial charge in [-0.1, -0.05) is 0 Å². The van der Waals surface area contributed by atoms with Gasteiger partial charge in [0.2, 0.25) is 0 Å². The Morgan fingerprint density at radius 2 is 1.52 bits per heavy atom. The van der Waals surface area contributed by atoms with E-state index in [9.17, 15) is 18.0 Å². The van der Waals surface area contributed by atoms with E-state index in [4.69, 9.17) is 9.47 Å². The molecule has 1 saturated heterocycles. The fourth-order valence-corrected chi connectivity index (χ4v) is 23.3. The van der Waals surface area contributed by atoms with E-state index < -0.39 is 30.1 Å². The Hall–Kier alpha value is -2.16. The molecule has 0 spiro atoms. The number of unbranched alkanes of at least 4 members (excludes halogenated alkanes) is 3. The molecule has 0 bridgehead atoms. The molecule has 42 heavy (non-hydrogen) atoms. The number of rotatable bonds is 16. The van der Waals surface area contributed by atoms with Gasteiger partial charge in [0, 0.05) is 0 Å². The fourth-order valence-electron chi connectivity index (χ4n) is 6.24. The summed E-state index contributed by atoms with van der Waals surface area (Å²) in [5.41, 5.74) is 1.20. The van der Waals surface area contributed by atoms with E-state index >= 15 is 0 Å². The molecular formula is C34H48F3NO3Sn. The van der Waals surface area contributed by atoms with Gasteiger partial charge < -0.3 is 0 Å². The Morgan fingerprint density at radius 1 is 0.929 bits per heavy atom. The summed E-state index contributed by atoms with van der Waals surface area (Å²) >= 11 is -3.14. The average molecular weight is 694 g/mol. The molecule has 3 rings (SSSR count). The van der Waals surface area contributed by atoms with Crippen LogP contribution in [-0.2, 0) is 17.5 Å². The van der Waals surface area contributed by atoms with Gasteiger partial charge in [0.05, 0.1) is 0 Å². The summed E-state index contributed by atoms with van der Waals surface area (Å²) in [7, 11) is 3.22. The van der Waals surface area contributed by atoms with Crippen molar-refractivity contribution in [1.29, 1.82) is 0 Å². The van der Waals surface area contributed by atoms with Gasteiger partial charge in [-0.05, 0) is 0 Å². The fraction of sp³-hybridized carbons (Fsp3) is 0.559. The standard InChI is InChI=1S/C22H21F3NO3.3C4H9.Sn/c1-28-19-11-6-16(20(13-19)29-2)14-26-18(10-12-21(26)27)9-5-15-3-7-17(8-4-15)22(23,24)25;3*1-3-4-2;/h3-4,6-9,11,13,18H,10,12,14H2,1-2H3;3*1,3-4H2,2H3;.